The molecular formula is C18H16F3NO2S. The molecule has 1 aliphatic heterocycles. The minimum Gasteiger partial charge on any atom is -0.497 e. The molecule has 3 nitrogen and oxygen atoms in total. The van der Waals surface area contributed by atoms with Crippen molar-refractivity contribution in [3.05, 3.63) is 65.2 Å². The summed E-state index contributed by atoms with van der Waals surface area (Å²) in [5.41, 5.74) is 0.272. The molecule has 0 N–H and O–H groups in total. The number of rotatable bonds is 3. The van der Waals surface area contributed by atoms with Gasteiger partial charge in [0.05, 0.1) is 12.7 Å². The van der Waals surface area contributed by atoms with E-state index in [2.05, 4.69) is 0 Å². The Labute approximate surface area is 147 Å². The van der Waals surface area contributed by atoms with E-state index in [0.29, 0.717) is 29.2 Å². The molecule has 1 aliphatic rings. The Morgan fingerprint density at radius 2 is 1.92 bits per heavy atom. The van der Waals surface area contributed by atoms with Crippen LogP contribution in [0.3, 0.4) is 0 Å². The van der Waals surface area contributed by atoms with Crippen molar-refractivity contribution in [3.8, 4) is 5.75 Å². The van der Waals surface area contributed by atoms with Crippen LogP contribution in [-0.4, -0.2) is 30.2 Å². The Balaban J connectivity index is 1.86. The lowest BCUT2D eigenvalue weighted by atomic mass is 10.1. The van der Waals surface area contributed by atoms with Crippen LogP contribution < -0.4 is 4.74 Å². The summed E-state index contributed by atoms with van der Waals surface area (Å²) in [6.45, 7) is 0.496. The second-order valence-electron chi connectivity index (χ2n) is 5.57. The Kier molecular flexibility index (Phi) is 4.94. The molecule has 0 bridgehead atoms. The van der Waals surface area contributed by atoms with Crippen LogP contribution in [0.1, 0.15) is 26.9 Å². The zero-order valence-electron chi connectivity index (χ0n) is 13.4. The van der Waals surface area contributed by atoms with Crippen molar-refractivity contribution >= 4 is 17.7 Å². The molecule has 1 amide bonds. The molecule has 2 aromatic rings. The molecule has 132 valence electrons. The van der Waals surface area contributed by atoms with E-state index < -0.39 is 17.1 Å². The van der Waals surface area contributed by atoms with Crippen LogP contribution in [0, 0.1) is 0 Å². The highest BCUT2D eigenvalue weighted by atomic mass is 32.2. The smallest absolute Gasteiger partial charge is 0.416 e. The highest BCUT2D eigenvalue weighted by Gasteiger charge is 2.34. The normalized spacial score (nSPS) is 17.6. The van der Waals surface area contributed by atoms with Gasteiger partial charge in [0.15, 0.2) is 0 Å². The Morgan fingerprint density at radius 1 is 1.20 bits per heavy atom. The van der Waals surface area contributed by atoms with E-state index in [0.717, 1.165) is 12.1 Å². The number of halogens is 3. The number of carbonyl (C=O) groups is 1. The molecule has 0 spiro atoms. The molecule has 7 heteroatoms. The van der Waals surface area contributed by atoms with Crippen LogP contribution >= 0.6 is 11.8 Å². The van der Waals surface area contributed by atoms with Crippen molar-refractivity contribution in [2.75, 3.05) is 19.4 Å². The van der Waals surface area contributed by atoms with Crippen molar-refractivity contribution in [2.45, 2.75) is 11.6 Å². The number of amides is 1. The fourth-order valence-electron chi connectivity index (χ4n) is 2.72. The second kappa shape index (κ2) is 7.00. The van der Waals surface area contributed by atoms with Gasteiger partial charge in [-0.1, -0.05) is 12.1 Å². The summed E-state index contributed by atoms with van der Waals surface area (Å²) in [4.78, 5) is 14.4. The highest BCUT2D eigenvalue weighted by molar-refractivity contribution is 7.99. The minimum absolute atomic E-state index is 0.199. The second-order valence-corrected chi connectivity index (χ2v) is 6.76. The molecule has 2 aromatic carbocycles. The first kappa shape index (κ1) is 17.7. The average Bonchev–Trinajstić information content (AvgIpc) is 3.10. The number of alkyl halides is 3. The minimum atomic E-state index is -4.40. The molecule has 0 radical (unpaired) electrons. The van der Waals surface area contributed by atoms with Crippen LogP contribution in [0.25, 0.3) is 0 Å². The Morgan fingerprint density at radius 3 is 2.56 bits per heavy atom. The molecule has 1 heterocycles. The van der Waals surface area contributed by atoms with Gasteiger partial charge in [0.2, 0.25) is 0 Å². The largest absolute Gasteiger partial charge is 0.497 e. The van der Waals surface area contributed by atoms with Gasteiger partial charge in [-0.3, -0.25) is 4.79 Å². The number of carbonyl (C=O) groups excluding carboxylic acids is 1. The number of thioether (sulfide) groups is 1. The quantitative estimate of drug-likeness (QED) is 0.794. The summed E-state index contributed by atoms with van der Waals surface area (Å²) in [5.74, 6) is 1.12. The number of benzene rings is 2. The molecule has 0 saturated carbocycles. The van der Waals surface area contributed by atoms with Gasteiger partial charge >= 0.3 is 6.18 Å². The maximum Gasteiger partial charge on any atom is 0.416 e. The third-order valence-corrected chi connectivity index (χ3v) is 5.25. The fraction of sp³-hybridized carbons (Fsp3) is 0.278. The van der Waals surface area contributed by atoms with E-state index >= 15 is 0 Å². The number of hydrogen-bond donors (Lipinski definition) is 0. The standard InChI is InChI=1S/C18H16F3NO2S/c1-24-15-7-5-12(6-8-15)16(23)22-9-10-25-17(22)13-3-2-4-14(11-13)18(19,20)21/h2-8,11,17H,9-10H2,1H3. The monoisotopic (exact) mass is 367 g/mol. The molecule has 1 fully saturated rings. The zero-order valence-corrected chi connectivity index (χ0v) is 14.2. The van der Waals surface area contributed by atoms with Crippen LogP contribution in [0.2, 0.25) is 0 Å². The van der Waals surface area contributed by atoms with Gasteiger partial charge in [0, 0.05) is 17.9 Å². The predicted molar refractivity (Wildman–Crippen MR) is 90.7 cm³/mol. The lowest BCUT2D eigenvalue weighted by Crippen LogP contribution is -2.30. The van der Waals surface area contributed by atoms with Crippen LogP contribution in [0.4, 0.5) is 13.2 Å². The maximum atomic E-state index is 12.9. The first-order valence-electron chi connectivity index (χ1n) is 7.64. The van der Waals surface area contributed by atoms with Gasteiger partial charge < -0.3 is 9.64 Å². The van der Waals surface area contributed by atoms with Crippen molar-refractivity contribution in [1.82, 2.24) is 4.90 Å². The lowest BCUT2D eigenvalue weighted by Gasteiger charge is -2.25. The molecule has 25 heavy (non-hydrogen) atoms. The molecule has 1 unspecified atom stereocenters. The number of nitrogens with zero attached hydrogens (tertiary/aromatic N) is 1. The Hall–Kier alpha value is -2.15. The van der Waals surface area contributed by atoms with E-state index in [9.17, 15) is 18.0 Å². The summed E-state index contributed by atoms with van der Waals surface area (Å²) in [5, 5.41) is -0.420. The van der Waals surface area contributed by atoms with E-state index in [-0.39, 0.29) is 5.91 Å². The van der Waals surface area contributed by atoms with Crippen molar-refractivity contribution in [3.63, 3.8) is 0 Å². The molecule has 0 aliphatic carbocycles. The lowest BCUT2D eigenvalue weighted by molar-refractivity contribution is -0.137. The van der Waals surface area contributed by atoms with E-state index in [1.54, 1.807) is 35.2 Å². The number of methoxy groups -OCH3 is 1. The molecule has 0 aromatic heterocycles. The van der Waals surface area contributed by atoms with E-state index in [1.165, 1.54) is 24.9 Å². The third-order valence-electron chi connectivity index (χ3n) is 3.99. The van der Waals surface area contributed by atoms with Crippen LogP contribution in [-0.2, 0) is 6.18 Å². The summed E-state index contributed by atoms with van der Waals surface area (Å²) in [7, 11) is 1.54. The van der Waals surface area contributed by atoms with Gasteiger partial charge in [0.25, 0.3) is 5.91 Å². The van der Waals surface area contributed by atoms with E-state index in [1.807, 2.05) is 0 Å². The van der Waals surface area contributed by atoms with Crippen molar-refractivity contribution < 1.29 is 22.7 Å². The first-order chi connectivity index (χ1) is 11.9. The summed E-state index contributed by atoms with van der Waals surface area (Å²) >= 11 is 1.47. The highest BCUT2D eigenvalue weighted by Crippen LogP contribution is 2.40. The van der Waals surface area contributed by atoms with E-state index in [4.69, 9.17) is 4.74 Å². The number of ether oxygens (including phenoxy) is 1. The molecule has 3 rings (SSSR count). The summed E-state index contributed by atoms with van der Waals surface area (Å²) < 4.78 is 43.9. The van der Waals surface area contributed by atoms with Gasteiger partial charge in [-0.2, -0.15) is 13.2 Å². The predicted octanol–water partition coefficient (Wildman–Crippen LogP) is 4.60. The summed E-state index contributed by atoms with van der Waals surface area (Å²) in [6, 6.07) is 11.9. The van der Waals surface area contributed by atoms with Crippen LogP contribution in [0.5, 0.6) is 5.75 Å². The SMILES string of the molecule is COc1ccc(C(=O)N2CCSC2c2cccc(C(F)(F)F)c2)cc1. The van der Waals surface area contributed by atoms with Crippen molar-refractivity contribution in [2.24, 2.45) is 0 Å². The molecular weight excluding hydrogens is 351 g/mol. The van der Waals surface area contributed by atoms with Gasteiger partial charge in [-0.25, -0.2) is 0 Å². The van der Waals surface area contributed by atoms with Gasteiger partial charge in [-0.15, -0.1) is 11.8 Å². The van der Waals surface area contributed by atoms with Crippen molar-refractivity contribution in [1.29, 1.82) is 0 Å². The number of hydrogen-bond acceptors (Lipinski definition) is 3. The van der Waals surface area contributed by atoms with Crippen LogP contribution in [0.15, 0.2) is 48.5 Å². The third kappa shape index (κ3) is 3.76. The Bertz CT molecular complexity index is 762. The maximum absolute atomic E-state index is 12.9. The topological polar surface area (TPSA) is 29.5 Å². The van der Waals surface area contributed by atoms with Gasteiger partial charge in [0.1, 0.15) is 11.1 Å². The summed E-state index contributed by atoms with van der Waals surface area (Å²) in [6.07, 6.45) is -4.40. The first-order valence-corrected chi connectivity index (χ1v) is 8.69. The average molecular weight is 367 g/mol. The zero-order chi connectivity index (χ0) is 18.0. The van der Waals surface area contributed by atoms with Gasteiger partial charge in [-0.05, 0) is 42.0 Å². The molecule has 1 saturated heterocycles. The molecule has 1 atom stereocenters. The fourth-order valence-corrected chi connectivity index (χ4v) is 3.97.